The van der Waals surface area contributed by atoms with Gasteiger partial charge in [0.2, 0.25) is 11.0 Å². The molecule has 0 fully saturated rings. The zero-order valence-corrected chi connectivity index (χ0v) is 15.0. The fraction of sp³-hybridized carbons (Fsp3) is 0.158. The number of rotatable bonds is 6. The minimum Gasteiger partial charge on any atom is -0.340 e. The molecule has 0 aliphatic heterocycles. The highest BCUT2D eigenvalue weighted by Crippen LogP contribution is 2.15. The molecule has 0 saturated carbocycles. The van der Waals surface area contributed by atoms with Gasteiger partial charge in [-0.15, -0.1) is 10.2 Å². The van der Waals surface area contributed by atoms with E-state index in [1.807, 2.05) is 43.3 Å². The summed E-state index contributed by atoms with van der Waals surface area (Å²) in [6.07, 6.45) is 0.378. The second-order valence-electron chi connectivity index (χ2n) is 5.70. The molecule has 0 aliphatic carbocycles. The average Bonchev–Trinajstić information content (AvgIpc) is 3.07. The highest BCUT2D eigenvalue weighted by molar-refractivity contribution is 7.15. The van der Waals surface area contributed by atoms with Gasteiger partial charge in [-0.1, -0.05) is 59.9 Å². The first-order chi connectivity index (χ1) is 12.6. The van der Waals surface area contributed by atoms with Crippen LogP contribution in [0.3, 0.4) is 0 Å². The number of carbonyl (C=O) groups is 2. The van der Waals surface area contributed by atoms with Crippen molar-refractivity contribution in [3.63, 3.8) is 0 Å². The lowest BCUT2D eigenvalue weighted by molar-refractivity contribution is -0.118. The maximum Gasteiger partial charge on any atom is 0.251 e. The minimum atomic E-state index is -0.727. The van der Waals surface area contributed by atoms with Crippen molar-refractivity contribution in [1.29, 1.82) is 0 Å². The van der Waals surface area contributed by atoms with Gasteiger partial charge in [0.1, 0.15) is 11.0 Å². The number of hydrogen-bond donors (Lipinski definition) is 2. The standard InChI is InChI=1S/C19H18N4O2S/c1-13-22-23-19(26-13)21-18(25)16(12-14-8-4-2-5-9-14)20-17(24)15-10-6-3-7-11-15/h2-11,16H,12H2,1H3,(H,20,24)(H,21,23,25)/t16-/m1/s1. The largest absolute Gasteiger partial charge is 0.340 e. The third-order valence-corrected chi connectivity index (χ3v) is 4.45. The van der Waals surface area contributed by atoms with Gasteiger partial charge < -0.3 is 5.32 Å². The van der Waals surface area contributed by atoms with Gasteiger partial charge in [-0.3, -0.25) is 14.9 Å². The Bertz CT molecular complexity index is 881. The van der Waals surface area contributed by atoms with E-state index >= 15 is 0 Å². The lowest BCUT2D eigenvalue weighted by Gasteiger charge is -2.18. The summed E-state index contributed by atoms with van der Waals surface area (Å²) >= 11 is 1.29. The van der Waals surface area contributed by atoms with Gasteiger partial charge in [-0.2, -0.15) is 0 Å². The molecule has 0 unspecified atom stereocenters. The van der Waals surface area contributed by atoms with E-state index in [-0.39, 0.29) is 11.8 Å². The third kappa shape index (κ3) is 4.73. The zero-order valence-electron chi connectivity index (χ0n) is 14.2. The molecule has 3 rings (SSSR count). The first-order valence-corrected chi connectivity index (χ1v) is 8.94. The molecule has 6 nitrogen and oxygen atoms in total. The molecule has 2 aromatic carbocycles. The summed E-state index contributed by atoms with van der Waals surface area (Å²) in [7, 11) is 0. The van der Waals surface area contributed by atoms with E-state index in [1.54, 1.807) is 24.3 Å². The first-order valence-electron chi connectivity index (χ1n) is 8.12. The molecule has 0 saturated heterocycles. The predicted octanol–water partition coefficient (Wildman–Crippen LogP) is 2.83. The smallest absolute Gasteiger partial charge is 0.251 e. The quantitative estimate of drug-likeness (QED) is 0.703. The van der Waals surface area contributed by atoms with Gasteiger partial charge in [0.15, 0.2) is 0 Å². The van der Waals surface area contributed by atoms with Crippen molar-refractivity contribution in [2.75, 3.05) is 5.32 Å². The number of anilines is 1. The van der Waals surface area contributed by atoms with Crippen molar-refractivity contribution >= 4 is 28.3 Å². The van der Waals surface area contributed by atoms with Crippen LogP contribution in [0.25, 0.3) is 0 Å². The molecule has 0 spiro atoms. The van der Waals surface area contributed by atoms with Gasteiger partial charge in [0.25, 0.3) is 5.91 Å². The maximum absolute atomic E-state index is 12.7. The van der Waals surface area contributed by atoms with Crippen LogP contribution in [-0.4, -0.2) is 28.1 Å². The second-order valence-corrected chi connectivity index (χ2v) is 6.88. The normalized spacial score (nSPS) is 11.6. The molecule has 132 valence electrons. The molecule has 2 amide bonds. The number of aromatic nitrogens is 2. The lowest BCUT2D eigenvalue weighted by atomic mass is 10.0. The van der Waals surface area contributed by atoms with E-state index in [2.05, 4.69) is 20.8 Å². The number of carbonyl (C=O) groups excluding carboxylic acids is 2. The van der Waals surface area contributed by atoms with Crippen molar-refractivity contribution in [2.45, 2.75) is 19.4 Å². The van der Waals surface area contributed by atoms with E-state index in [0.29, 0.717) is 17.1 Å². The Morgan fingerprint density at radius 1 is 1.00 bits per heavy atom. The van der Waals surface area contributed by atoms with Crippen LogP contribution in [0, 0.1) is 6.92 Å². The fourth-order valence-corrected chi connectivity index (χ4v) is 3.02. The Labute approximate surface area is 155 Å². The van der Waals surface area contributed by atoms with E-state index in [4.69, 9.17) is 0 Å². The van der Waals surface area contributed by atoms with E-state index in [1.165, 1.54) is 11.3 Å². The van der Waals surface area contributed by atoms with Crippen LogP contribution in [0.15, 0.2) is 60.7 Å². The summed E-state index contributed by atoms with van der Waals surface area (Å²) in [4.78, 5) is 25.2. The molecular formula is C19H18N4O2S. The molecule has 2 N–H and O–H groups in total. The predicted molar refractivity (Wildman–Crippen MR) is 101 cm³/mol. The molecule has 1 heterocycles. The van der Waals surface area contributed by atoms with Crippen LogP contribution in [-0.2, 0) is 11.2 Å². The Morgan fingerprint density at radius 2 is 1.65 bits per heavy atom. The zero-order chi connectivity index (χ0) is 18.4. The van der Waals surface area contributed by atoms with Crippen LogP contribution < -0.4 is 10.6 Å². The molecule has 7 heteroatoms. The van der Waals surface area contributed by atoms with Crippen molar-refractivity contribution in [3.8, 4) is 0 Å². The number of hydrogen-bond acceptors (Lipinski definition) is 5. The van der Waals surface area contributed by atoms with Crippen LogP contribution in [0.1, 0.15) is 20.9 Å². The Kier molecular flexibility index (Phi) is 5.70. The van der Waals surface area contributed by atoms with Crippen LogP contribution in [0.5, 0.6) is 0 Å². The van der Waals surface area contributed by atoms with Crippen molar-refractivity contribution in [3.05, 3.63) is 76.8 Å². The number of benzene rings is 2. The second kappa shape index (κ2) is 8.35. The Hall–Kier alpha value is -3.06. The van der Waals surface area contributed by atoms with Gasteiger partial charge in [0.05, 0.1) is 0 Å². The molecule has 0 bridgehead atoms. The van der Waals surface area contributed by atoms with E-state index < -0.39 is 6.04 Å². The van der Waals surface area contributed by atoms with Crippen LogP contribution in [0.2, 0.25) is 0 Å². The molecule has 0 radical (unpaired) electrons. The highest BCUT2D eigenvalue weighted by Gasteiger charge is 2.23. The van der Waals surface area contributed by atoms with Gasteiger partial charge in [0, 0.05) is 12.0 Å². The number of amides is 2. The number of aryl methyl sites for hydroxylation is 1. The molecule has 3 aromatic rings. The number of nitrogens with one attached hydrogen (secondary N) is 2. The fourth-order valence-electron chi connectivity index (χ4n) is 2.43. The highest BCUT2D eigenvalue weighted by atomic mass is 32.1. The molecule has 1 atom stereocenters. The molecule has 1 aromatic heterocycles. The van der Waals surface area contributed by atoms with Gasteiger partial charge >= 0.3 is 0 Å². The minimum absolute atomic E-state index is 0.296. The van der Waals surface area contributed by atoms with Crippen LogP contribution >= 0.6 is 11.3 Å². The number of nitrogens with zero attached hydrogens (tertiary/aromatic N) is 2. The molecule has 26 heavy (non-hydrogen) atoms. The summed E-state index contributed by atoms with van der Waals surface area (Å²) in [5.74, 6) is -0.621. The summed E-state index contributed by atoms with van der Waals surface area (Å²) in [6.45, 7) is 1.81. The van der Waals surface area contributed by atoms with Gasteiger partial charge in [-0.25, -0.2) is 0 Å². The van der Waals surface area contributed by atoms with Crippen molar-refractivity contribution in [2.24, 2.45) is 0 Å². The van der Waals surface area contributed by atoms with Gasteiger partial charge in [-0.05, 0) is 24.6 Å². The molecule has 0 aliphatic rings. The van der Waals surface area contributed by atoms with E-state index in [0.717, 1.165) is 10.6 Å². The SMILES string of the molecule is Cc1nnc(NC(=O)[C@@H](Cc2ccccc2)NC(=O)c2ccccc2)s1. The summed E-state index contributed by atoms with van der Waals surface area (Å²) in [6, 6.07) is 17.6. The monoisotopic (exact) mass is 366 g/mol. The average molecular weight is 366 g/mol. The summed E-state index contributed by atoms with van der Waals surface area (Å²) in [5.41, 5.74) is 1.46. The van der Waals surface area contributed by atoms with E-state index in [9.17, 15) is 9.59 Å². The van der Waals surface area contributed by atoms with Crippen molar-refractivity contribution in [1.82, 2.24) is 15.5 Å². The Morgan fingerprint density at radius 3 is 2.27 bits per heavy atom. The summed E-state index contributed by atoms with van der Waals surface area (Å²) in [5, 5.41) is 14.5. The topological polar surface area (TPSA) is 84.0 Å². The molecular weight excluding hydrogens is 348 g/mol. The first kappa shape index (κ1) is 17.8. The van der Waals surface area contributed by atoms with Crippen molar-refractivity contribution < 1.29 is 9.59 Å². The summed E-state index contributed by atoms with van der Waals surface area (Å²) < 4.78 is 0. The Balaban J connectivity index is 1.76. The van der Waals surface area contributed by atoms with Crippen LogP contribution in [0.4, 0.5) is 5.13 Å². The lowest BCUT2D eigenvalue weighted by Crippen LogP contribution is -2.45. The maximum atomic E-state index is 12.7. The third-order valence-electron chi connectivity index (χ3n) is 3.70.